The number of para-hydroxylation sites is 1. The fraction of sp³-hybridized carbons (Fsp3) is 0.588. The number of anilines is 1. The Bertz CT molecular complexity index is 704. The van der Waals surface area contributed by atoms with Crippen molar-refractivity contribution in [3.05, 3.63) is 29.8 Å². The van der Waals surface area contributed by atoms with Crippen molar-refractivity contribution in [3.8, 4) is 0 Å². The van der Waals surface area contributed by atoms with Gasteiger partial charge in [0.15, 0.2) is 9.84 Å². The van der Waals surface area contributed by atoms with Crippen LogP contribution < -0.4 is 5.32 Å². The summed E-state index contributed by atoms with van der Waals surface area (Å²) in [6.07, 6.45) is 0.958. The fourth-order valence-electron chi connectivity index (χ4n) is 3.47. The molecule has 0 saturated carbocycles. The summed E-state index contributed by atoms with van der Waals surface area (Å²) in [6.45, 7) is 3.58. The largest absolute Gasteiger partial charge is 0.384 e. The number of fused-ring (bicyclic) bond motifs is 1. The number of carbonyl (C=O) groups excluding carboxylic acids is 1. The summed E-state index contributed by atoms with van der Waals surface area (Å²) in [4.78, 5) is 14.3. The molecule has 6 nitrogen and oxygen atoms in total. The molecule has 0 radical (unpaired) electrons. The molecule has 0 spiro atoms. The molecule has 1 amide bonds. The Morgan fingerprint density at radius 1 is 1.38 bits per heavy atom. The average Bonchev–Trinajstić information content (AvgIpc) is 2.57. The van der Waals surface area contributed by atoms with Gasteiger partial charge in [0, 0.05) is 31.8 Å². The van der Waals surface area contributed by atoms with Gasteiger partial charge in [0.25, 0.3) is 0 Å². The summed E-state index contributed by atoms with van der Waals surface area (Å²) in [7, 11) is -3.15. The highest BCUT2D eigenvalue weighted by molar-refractivity contribution is 7.92. The van der Waals surface area contributed by atoms with Gasteiger partial charge >= 0.3 is 0 Å². The number of carbonyl (C=O) groups is 1. The van der Waals surface area contributed by atoms with Gasteiger partial charge in [-0.05, 0) is 25.0 Å². The number of nitrogens with one attached hydrogen (secondary N) is 1. The number of hydrogen-bond donors (Lipinski definition) is 1. The minimum absolute atomic E-state index is 0.0166. The molecule has 0 aliphatic carbocycles. The lowest BCUT2D eigenvalue weighted by Crippen LogP contribution is -2.60. The standard InChI is InChI=1S/C17H24N2O4S/c1-13-4-2-3-5-14(13)18-8-6-17(20)19-9-11-24(21,22)16-12-23-10-7-15(16)19/h2-5,15-16,18H,6-12H2,1H3. The normalized spacial score (nSPS) is 25.8. The van der Waals surface area contributed by atoms with Crippen LogP contribution in [0, 0.1) is 6.92 Å². The van der Waals surface area contributed by atoms with Gasteiger partial charge in [-0.25, -0.2) is 8.42 Å². The summed E-state index contributed by atoms with van der Waals surface area (Å²) in [5.41, 5.74) is 2.16. The first-order chi connectivity index (χ1) is 11.5. The van der Waals surface area contributed by atoms with E-state index in [1.165, 1.54) is 0 Å². The van der Waals surface area contributed by atoms with E-state index in [1.54, 1.807) is 4.90 Å². The number of rotatable bonds is 4. The van der Waals surface area contributed by atoms with Crippen molar-refractivity contribution in [2.45, 2.75) is 31.1 Å². The maximum absolute atomic E-state index is 12.6. The molecule has 2 aliphatic rings. The minimum atomic E-state index is -3.15. The molecular formula is C17H24N2O4S. The molecule has 2 atom stereocenters. The second kappa shape index (κ2) is 7.11. The molecular weight excluding hydrogens is 328 g/mol. The highest BCUT2D eigenvalue weighted by Crippen LogP contribution is 2.26. The minimum Gasteiger partial charge on any atom is -0.384 e. The van der Waals surface area contributed by atoms with Gasteiger partial charge in [-0.3, -0.25) is 4.79 Å². The molecule has 3 rings (SSSR count). The van der Waals surface area contributed by atoms with Crippen LogP contribution in [0.4, 0.5) is 5.69 Å². The number of amides is 1. The molecule has 132 valence electrons. The summed E-state index contributed by atoms with van der Waals surface area (Å²) in [6, 6.07) is 7.71. The molecule has 1 aromatic rings. The Hall–Kier alpha value is -1.60. The van der Waals surface area contributed by atoms with E-state index in [0.29, 0.717) is 32.5 Å². The number of hydrogen-bond acceptors (Lipinski definition) is 5. The first-order valence-corrected chi connectivity index (χ1v) is 10.1. The van der Waals surface area contributed by atoms with E-state index in [2.05, 4.69) is 5.32 Å². The first-order valence-electron chi connectivity index (χ1n) is 8.37. The number of nitrogens with zero attached hydrogens (tertiary/aromatic N) is 1. The molecule has 24 heavy (non-hydrogen) atoms. The zero-order valence-corrected chi connectivity index (χ0v) is 14.7. The molecule has 1 N–H and O–H groups in total. The van der Waals surface area contributed by atoms with Crippen molar-refractivity contribution in [1.29, 1.82) is 0 Å². The summed E-state index contributed by atoms with van der Waals surface area (Å²) >= 11 is 0. The second-order valence-electron chi connectivity index (χ2n) is 6.42. The number of benzene rings is 1. The predicted octanol–water partition coefficient (Wildman–Crippen LogP) is 1.21. The molecule has 2 fully saturated rings. The van der Waals surface area contributed by atoms with Crippen LogP contribution in [-0.2, 0) is 19.4 Å². The second-order valence-corrected chi connectivity index (χ2v) is 8.75. The van der Waals surface area contributed by atoms with Crippen LogP contribution in [0.5, 0.6) is 0 Å². The summed E-state index contributed by atoms with van der Waals surface area (Å²) < 4.78 is 29.7. The summed E-state index contributed by atoms with van der Waals surface area (Å²) in [5, 5.41) is 2.72. The van der Waals surface area contributed by atoms with Gasteiger partial charge in [0.2, 0.25) is 5.91 Å². The predicted molar refractivity (Wildman–Crippen MR) is 92.8 cm³/mol. The maximum Gasteiger partial charge on any atom is 0.224 e. The Morgan fingerprint density at radius 3 is 2.96 bits per heavy atom. The Labute approximate surface area is 143 Å². The molecule has 7 heteroatoms. The maximum atomic E-state index is 12.6. The third-order valence-corrected chi connectivity index (χ3v) is 6.99. The highest BCUT2D eigenvalue weighted by Gasteiger charge is 2.44. The highest BCUT2D eigenvalue weighted by atomic mass is 32.2. The number of ether oxygens (including phenoxy) is 1. The van der Waals surface area contributed by atoms with Gasteiger partial charge in [-0.1, -0.05) is 18.2 Å². The van der Waals surface area contributed by atoms with Crippen LogP contribution >= 0.6 is 0 Å². The van der Waals surface area contributed by atoms with E-state index in [9.17, 15) is 13.2 Å². The molecule has 0 aromatic heterocycles. The molecule has 0 bridgehead atoms. The molecule has 2 saturated heterocycles. The van der Waals surface area contributed by atoms with Crippen molar-refractivity contribution in [3.63, 3.8) is 0 Å². The van der Waals surface area contributed by atoms with Crippen molar-refractivity contribution in [1.82, 2.24) is 4.90 Å². The van der Waals surface area contributed by atoms with Crippen LogP contribution in [0.3, 0.4) is 0 Å². The van der Waals surface area contributed by atoms with Crippen molar-refractivity contribution in [2.24, 2.45) is 0 Å². The Balaban J connectivity index is 1.59. The van der Waals surface area contributed by atoms with Crippen LogP contribution in [0.2, 0.25) is 0 Å². The van der Waals surface area contributed by atoms with E-state index in [-0.39, 0.29) is 24.3 Å². The van der Waals surface area contributed by atoms with Gasteiger partial charge in [0.1, 0.15) is 5.25 Å². The average molecular weight is 352 g/mol. The monoisotopic (exact) mass is 352 g/mol. The van der Waals surface area contributed by atoms with E-state index in [1.807, 2.05) is 31.2 Å². The zero-order chi connectivity index (χ0) is 17.2. The Morgan fingerprint density at radius 2 is 2.17 bits per heavy atom. The number of sulfone groups is 1. The number of aryl methyl sites for hydroxylation is 1. The third-order valence-electron chi connectivity index (χ3n) is 4.87. The molecule has 1 aromatic carbocycles. The lowest BCUT2D eigenvalue weighted by molar-refractivity contribution is -0.135. The Kier molecular flexibility index (Phi) is 5.10. The quantitative estimate of drug-likeness (QED) is 0.882. The van der Waals surface area contributed by atoms with Crippen LogP contribution in [0.15, 0.2) is 24.3 Å². The first kappa shape index (κ1) is 17.2. The lowest BCUT2D eigenvalue weighted by atomic mass is 10.1. The van der Waals surface area contributed by atoms with E-state index >= 15 is 0 Å². The third kappa shape index (κ3) is 3.57. The van der Waals surface area contributed by atoms with Crippen LogP contribution in [-0.4, -0.2) is 62.6 Å². The van der Waals surface area contributed by atoms with Crippen molar-refractivity contribution < 1.29 is 17.9 Å². The van der Waals surface area contributed by atoms with E-state index in [0.717, 1.165) is 11.3 Å². The van der Waals surface area contributed by atoms with Gasteiger partial charge in [0.05, 0.1) is 18.4 Å². The summed E-state index contributed by atoms with van der Waals surface area (Å²) in [5.74, 6) is 0.0528. The van der Waals surface area contributed by atoms with E-state index < -0.39 is 15.1 Å². The van der Waals surface area contributed by atoms with Gasteiger partial charge in [-0.2, -0.15) is 0 Å². The van der Waals surface area contributed by atoms with Crippen molar-refractivity contribution >= 4 is 21.4 Å². The zero-order valence-electron chi connectivity index (χ0n) is 13.9. The molecule has 2 unspecified atom stereocenters. The topological polar surface area (TPSA) is 75.7 Å². The molecule has 2 aliphatic heterocycles. The molecule has 2 heterocycles. The van der Waals surface area contributed by atoms with Crippen LogP contribution in [0.1, 0.15) is 18.4 Å². The van der Waals surface area contributed by atoms with Gasteiger partial charge in [-0.15, -0.1) is 0 Å². The SMILES string of the molecule is Cc1ccccc1NCCC(=O)N1CCS(=O)(=O)C2COCCC21. The lowest BCUT2D eigenvalue weighted by Gasteiger charge is -2.43. The van der Waals surface area contributed by atoms with Crippen molar-refractivity contribution in [2.75, 3.05) is 37.4 Å². The smallest absolute Gasteiger partial charge is 0.224 e. The van der Waals surface area contributed by atoms with Gasteiger partial charge < -0.3 is 15.0 Å². The fourth-order valence-corrected chi connectivity index (χ4v) is 5.29. The van der Waals surface area contributed by atoms with E-state index in [4.69, 9.17) is 4.74 Å². The van der Waals surface area contributed by atoms with Crippen LogP contribution in [0.25, 0.3) is 0 Å².